The maximum absolute atomic E-state index is 11.1. The maximum Gasteiger partial charge on any atom is 0.246 e. The van der Waals surface area contributed by atoms with Crippen molar-refractivity contribution >= 4 is 5.91 Å². The van der Waals surface area contributed by atoms with Crippen molar-refractivity contribution in [2.75, 3.05) is 26.8 Å². The van der Waals surface area contributed by atoms with Crippen LogP contribution >= 0.6 is 0 Å². The van der Waals surface area contributed by atoms with Gasteiger partial charge in [-0.25, -0.2) is 0 Å². The SMILES string of the molecule is CCCOCC(=O)NCC(C)NC. The van der Waals surface area contributed by atoms with Gasteiger partial charge in [-0.05, 0) is 20.4 Å². The van der Waals surface area contributed by atoms with Crippen LogP contribution in [0.4, 0.5) is 0 Å². The summed E-state index contributed by atoms with van der Waals surface area (Å²) in [6.45, 7) is 5.48. The van der Waals surface area contributed by atoms with Crippen LogP contribution in [-0.2, 0) is 9.53 Å². The zero-order chi connectivity index (χ0) is 10.1. The average molecular weight is 188 g/mol. The summed E-state index contributed by atoms with van der Waals surface area (Å²) in [6.07, 6.45) is 0.945. The van der Waals surface area contributed by atoms with E-state index in [1.54, 1.807) is 0 Å². The van der Waals surface area contributed by atoms with Gasteiger partial charge in [-0.15, -0.1) is 0 Å². The molecule has 0 aliphatic rings. The highest BCUT2D eigenvalue weighted by molar-refractivity contribution is 5.77. The van der Waals surface area contributed by atoms with Gasteiger partial charge in [-0.2, -0.15) is 0 Å². The van der Waals surface area contributed by atoms with Gasteiger partial charge in [-0.1, -0.05) is 6.92 Å². The number of likely N-dealkylation sites (N-methyl/N-ethyl adjacent to an activating group) is 1. The summed E-state index contributed by atoms with van der Waals surface area (Å²) in [4.78, 5) is 11.1. The van der Waals surface area contributed by atoms with Crippen LogP contribution in [0, 0.1) is 0 Å². The molecule has 0 aromatic heterocycles. The van der Waals surface area contributed by atoms with Crippen LogP contribution in [0.1, 0.15) is 20.3 Å². The van der Waals surface area contributed by atoms with Gasteiger partial charge < -0.3 is 15.4 Å². The molecule has 1 amide bonds. The van der Waals surface area contributed by atoms with Crippen LogP contribution < -0.4 is 10.6 Å². The highest BCUT2D eigenvalue weighted by Crippen LogP contribution is 1.81. The van der Waals surface area contributed by atoms with E-state index in [4.69, 9.17) is 4.74 Å². The molecule has 0 aromatic rings. The smallest absolute Gasteiger partial charge is 0.246 e. The van der Waals surface area contributed by atoms with Gasteiger partial charge in [0, 0.05) is 19.2 Å². The van der Waals surface area contributed by atoms with Crippen LogP contribution in [0.3, 0.4) is 0 Å². The van der Waals surface area contributed by atoms with Crippen LogP contribution in [0.5, 0.6) is 0 Å². The van der Waals surface area contributed by atoms with Gasteiger partial charge in [-0.3, -0.25) is 4.79 Å². The fourth-order valence-electron chi connectivity index (χ4n) is 0.729. The number of carbonyl (C=O) groups excluding carboxylic acids is 1. The van der Waals surface area contributed by atoms with Crippen molar-refractivity contribution in [2.24, 2.45) is 0 Å². The van der Waals surface area contributed by atoms with Gasteiger partial charge in [0.2, 0.25) is 5.91 Å². The molecule has 0 rings (SSSR count). The Labute approximate surface area is 80.0 Å². The van der Waals surface area contributed by atoms with Crippen LogP contribution in [0.25, 0.3) is 0 Å². The molecular formula is C9H20N2O2. The second-order valence-electron chi connectivity index (χ2n) is 3.05. The number of ether oxygens (including phenoxy) is 1. The van der Waals surface area contributed by atoms with E-state index in [1.165, 1.54) is 0 Å². The Hall–Kier alpha value is -0.610. The summed E-state index contributed by atoms with van der Waals surface area (Å²) in [7, 11) is 1.87. The molecule has 4 nitrogen and oxygen atoms in total. The third-order valence-corrected chi connectivity index (χ3v) is 1.68. The molecule has 0 aliphatic carbocycles. The third kappa shape index (κ3) is 7.74. The molecular weight excluding hydrogens is 168 g/mol. The fourth-order valence-corrected chi connectivity index (χ4v) is 0.729. The fraction of sp³-hybridized carbons (Fsp3) is 0.889. The minimum absolute atomic E-state index is 0.0458. The van der Waals surface area contributed by atoms with Crippen molar-refractivity contribution in [3.63, 3.8) is 0 Å². The van der Waals surface area contributed by atoms with E-state index in [2.05, 4.69) is 10.6 Å². The molecule has 0 spiro atoms. The number of hydrogen-bond acceptors (Lipinski definition) is 3. The molecule has 0 aromatic carbocycles. The second kappa shape index (κ2) is 8.01. The normalized spacial score (nSPS) is 12.5. The largest absolute Gasteiger partial charge is 0.372 e. The molecule has 0 saturated heterocycles. The van der Waals surface area contributed by atoms with Crippen molar-refractivity contribution in [1.29, 1.82) is 0 Å². The first kappa shape index (κ1) is 12.4. The minimum atomic E-state index is -0.0458. The standard InChI is InChI=1S/C9H20N2O2/c1-4-5-13-7-9(12)11-6-8(2)10-3/h8,10H,4-7H2,1-3H3,(H,11,12). The Morgan fingerprint density at radius 3 is 2.77 bits per heavy atom. The number of nitrogens with one attached hydrogen (secondary N) is 2. The number of carbonyl (C=O) groups is 1. The van der Waals surface area contributed by atoms with Gasteiger partial charge >= 0.3 is 0 Å². The molecule has 0 saturated carbocycles. The zero-order valence-electron chi connectivity index (χ0n) is 8.72. The van der Waals surface area contributed by atoms with Crippen molar-refractivity contribution in [3.8, 4) is 0 Å². The molecule has 0 aliphatic heterocycles. The monoisotopic (exact) mass is 188 g/mol. The lowest BCUT2D eigenvalue weighted by atomic mass is 10.3. The predicted octanol–water partition coefficient (Wildman–Crippen LogP) is 0.137. The van der Waals surface area contributed by atoms with Crippen molar-refractivity contribution in [2.45, 2.75) is 26.3 Å². The Balaban J connectivity index is 3.30. The van der Waals surface area contributed by atoms with Gasteiger partial charge in [0.25, 0.3) is 0 Å². The van der Waals surface area contributed by atoms with Crippen molar-refractivity contribution in [3.05, 3.63) is 0 Å². The summed E-state index contributed by atoms with van der Waals surface area (Å²) < 4.78 is 5.08. The van der Waals surface area contributed by atoms with E-state index in [9.17, 15) is 4.79 Å². The number of amides is 1. The van der Waals surface area contributed by atoms with Crippen LogP contribution in [0.2, 0.25) is 0 Å². The first-order valence-corrected chi connectivity index (χ1v) is 4.72. The molecule has 0 fully saturated rings. The quantitative estimate of drug-likeness (QED) is 0.559. The molecule has 1 atom stereocenters. The maximum atomic E-state index is 11.1. The molecule has 0 heterocycles. The lowest BCUT2D eigenvalue weighted by Crippen LogP contribution is -2.38. The highest BCUT2D eigenvalue weighted by Gasteiger charge is 2.02. The highest BCUT2D eigenvalue weighted by atomic mass is 16.5. The zero-order valence-corrected chi connectivity index (χ0v) is 8.72. The minimum Gasteiger partial charge on any atom is -0.372 e. The van der Waals surface area contributed by atoms with E-state index in [-0.39, 0.29) is 12.5 Å². The van der Waals surface area contributed by atoms with Crippen molar-refractivity contribution < 1.29 is 9.53 Å². The summed E-state index contributed by atoms with van der Waals surface area (Å²) in [5, 5.41) is 5.80. The number of rotatable bonds is 7. The third-order valence-electron chi connectivity index (χ3n) is 1.68. The first-order chi connectivity index (χ1) is 6.20. The Bertz CT molecular complexity index is 140. The van der Waals surface area contributed by atoms with Gasteiger partial charge in [0.15, 0.2) is 0 Å². The molecule has 2 N–H and O–H groups in total. The molecule has 0 radical (unpaired) electrons. The van der Waals surface area contributed by atoms with E-state index < -0.39 is 0 Å². The van der Waals surface area contributed by atoms with Gasteiger partial charge in [0.05, 0.1) is 0 Å². The molecule has 4 heteroatoms. The van der Waals surface area contributed by atoms with E-state index in [0.29, 0.717) is 19.2 Å². The van der Waals surface area contributed by atoms with E-state index >= 15 is 0 Å². The van der Waals surface area contributed by atoms with E-state index in [1.807, 2.05) is 20.9 Å². The molecule has 13 heavy (non-hydrogen) atoms. The Morgan fingerprint density at radius 2 is 2.23 bits per heavy atom. The lowest BCUT2D eigenvalue weighted by molar-refractivity contribution is -0.125. The first-order valence-electron chi connectivity index (χ1n) is 4.72. The second-order valence-corrected chi connectivity index (χ2v) is 3.05. The van der Waals surface area contributed by atoms with Gasteiger partial charge in [0.1, 0.15) is 6.61 Å². The Kier molecular flexibility index (Phi) is 7.63. The Morgan fingerprint density at radius 1 is 1.54 bits per heavy atom. The molecule has 78 valence electrons. The average Bonchev–Trinajstić information content (AvgIpc) is 2.14. The lowest BCUT2D eigenvalue weighted by Gasteiger charge is -2.11. The summed E-state index contributed by atoms with van der Waals surface area (Å²) in [5.41, 5.74) is 0. The van der Waals surface area contributed by atoms with E-state index in [0.717, 1.165) is 6.42 Å². The summed E-state index contributed by atoms with van der Waals surface area (Å²) in [6, 6.07) is 0.301. The molecule has 1 unspecified atom stereocenters. The van der Waals surface area contributed by atoms with Crippen LogP contribution in [-0.4, -0.2) is 38.8 Å². The number of hydrogen-bond donors (Lipinski definition) is 2. The topological polar surface area (TPSA) is 50.4 Å². The van der Waals surface area contributed by atoms with Crippen molar-refractivity contribution in [1.82, 2.24) is 10.6 Å². The predicted molar refractivity (Wildman–Crippen MR) is 52.6 cm³/mol. The summed E-state index contributed by atoms with van der Waals surface area (Å²) in [5.74, 6) is -0.0458. The summed E-state index contributed by atoms with van der Waals surface area (Å²) >= 11 is 0. The van der Waals surface area contributed by atoms with Crippen LogP contribution in [0.15, 0.2) is 0 Å². The molecule has 0 bridgehead atoms.